The zero-order valence-corrected chi connectivity index (χ0v) is 16.4. The Labute approximate surface area is 167 Å². The SMILES string of the molecule is O=C(C1CCc2ccccc2CC1)N1CC(c2ccccc2)C2COCCC21. The molecule has 3 aliphatic rings. The molecule has 5 rings (SSSR count). The van der Waals surface area contributed by atoms with Gasteiger partial charge in [0.1, 0.15) is 0 Å². The number of hydrogen-bond acceptors (Lipinski definition) is 2. The molecule has 28 heavy (non-hydrogen) atoms. The number of amides is 1. The molecule has 0 aromatic heterocycles. The minimum absolute atomic E-state index is 0.158. The number of rotatable bonds is 2. The van der Waals surface area contributed by atoms with Crippen LogP contribution in [0.15, 0.2) is 54.6 Å². The van der Waals surface area contributed by atoms with Crippen LogP contribution in [0.3, 0.4) is 0 Å². The van der Waals surface area contributed by atoms with Crippen LogP contribution < -0.4 is 0 Å². The zero-order chi connectivity index (χ0) is 18.9. The molecule has 0 N–H and O–H groups in total. The third kappa shape index (κ3) is 3.26. The Kier molecular flexibility index (Phi) is 4.94. The molecule has 2 aromatic carbocycles. The lowest BCUT2D eigenvalue weighted by atomic mass is 9.84. The molecule has 3 atom stereocenters. The van der Waals surface area contributed by atoms with E-state index in [1.807, 2.05) is 0 Å². The van der Waals surface area contributed by atoms with Crippen molar-refractivity contribution >= 4 is 5.91 Å². The van der Waals surface area contributed by atoms with Crippen molar-refractivity contribution in [3.05, 3.63) is 71.3 Å². The number of likely N-dealkylation sites (tertiary alicyclic amines) is 1. The van der Waals surface area contributed by atoms with Crippen LogP contribution in [0.2, 0.25) is 0 Å². The third-order valence-corrected chi connectivity index (χ3v) is 7.18. The normalized spacial score (nSPS) is 27.7. The second kappa shape index (κ2) is 7.71. The average molecular weight is 376 g/mol. The number of fused-ring (bicyclic) bond motifs is 2. The molecule has 146 valence electrons. The summed E-state index contributed by atoms with van der Waals surface area (Å²) >= 11 is 0. The number of aryl methyl sites for hydroxylation is 2. The number of carbonyl (C=O) groups is 1. The van der Waals surface area contributed by atoms with Gasteiger partial charge >= 0.3 is 0 Å². The molecule has 0 bridgehead atoms. The Bertz CT molecular complexity index is 806. The molecule has 0 saturated carbocycles. The summed E-state index contributed by atoms with van der Waals surface area (Å²) in [6.07, 6.45) is 5.00. The summed E-state index contributed by atoms with van der Waals surface area (Å²) in [5, 5.41) is 0. The number of hydrogen-bond donors (Lipinski definition) is 0. The van der Waals surface area contributed by atoms with E-state index in [9.17, 15) is 4.79 Å². The van der Waals surface area contributed by atoms with Gasteiger partial charge in [-0.25, -0.2) is 0 Å². The Balaban J connectivity index is 1.36. The lowest BCUT2D eigenvalue weighted by Crippen LogP contribution is -2.44. The molecule has 2 fully saturated rings. The summed E-state index contributed by atoms with van der Waals surface area (Å²) in [6, 6.07) is 19.8. The fourth-order valence-corrected chi connectivity index (χ4v) is 5.64. The molecule has 2 saturated heterocycles. The van der Waals surface area contributed by atoms with Gasteiger partial charge in [0, 0.05) is 36.9 Å². The van der Waals surface area contributed by atoms with Crippen LogP contribution in [0.4, 0.5) is 0 Å². The van der Waals surface area contributed by atoms with Crippen LogP contribution >= 0.6 is 0 Å². The van der Waals surface area contributed by atoms with Crippen molar-refractivity contribution in [2.75, 3.05) is 19.8 Å². The van der Waals surface area contributed by atoms with E-state index in [4.69, 9.17) is 4.74 Å². The van der Waals surface area contributed by atoms with Crippen LogP contribution in [0.25, 0.3) is 0 Å². The van der Waals surface area contributed by atoms with E-state index in [0.29, 0.717) is 23.8 Å². The summed E-state index contributed by atoms with van der Waals surface area (Å²) in [5.41, 5.74) is 4.22. The Morgan fingerprint density at radius 1 is 0.893 bits per heavy atom. The Hall–Kier alpha value is -2.13. The van der Waals surface area contributed by atoms with Crippen LogP contribution in [0.5, 0.6) is 0 Å². The summed E-state index contributed by atoms with van der Waals surface area (Å²) in [6.45, 7) is 2.41. The lowest BCUT2D eigenvalue weighted by molar-refractivity contribution is -0.138. The van der Waals surface area contributed by atoms with E-state index in [2.05, 4.69) is 59.5 Å². The molecule has 1 aliphatic carbocycles. The first-order valence-corrected chi connectivity index (χ1v) is 10.8. The Morgan fingerprint density at radius 2 is 1.57 bits per heavy atom. The molecule has 1 amide bonds. The predicted octanol–water partition coefficient (Wildman–Crippen LogP) is 4.21. The van der Waals surface area contributed by atoms with Crippen molar-refractivity contribution in [1.29, 1.82) is 0 Å². The lowest BCUT2D eigenvalue weighted by Gasteiger charge is -2.34. The summed E-state index contributed by atoms with van der Waals surface area (Å²) in [5.74, 6) is 1.38. The van der Waals surface area contributed by atoms with Gasteiger partial charge in [-0.2, -0.15) is 0 Å². The maximum Gasteiger partial charge on any atom is 0.225 e. The highest BCUT2D eigenvalue weighted by Crippen LogP contribution is 2.42. The van der Waals surface area contributed by atoms with Crippen LogP contribution in [0, 0.1) is 11.8 Å². The van der Waals surface area contributed by atoms with Crippen molar-refractivity contribution in [1.82, 2.24) is 4.90 Å². The molecule has 3 heteroatoms. The van der Waals surface area contributed by atoms with E-state index in [-0.39, 0.29) is 5.92 Å². The van der Waals surface area contributed by atoms with Crippen molar-refractivity contribution in [3.63, 3.8) is 0 Å². The van der Waals surface area contributed by atoms with Crippen molar-refractivity contribution < 1.29 is 9.53 Å². The zero-order valence-electron chi connectivity index (χ0n) is 16.4. The fourth-order valence-electron chi connectivity index (χ4n) is 5.64. The molecule has 0 spiro atoms. The second-order valence-corrected chi connectivity index (χ2v) is 8.65. The van der Waals surface area contributed by atoms with Crippen LogP contribution in [-0.2, 0) is 22.4 Å². The maximum absolute atomic E-state index is 13.6. The van der Waals surface area contributed by atoms with E-state index >= 15 is 0 Å². The van der Waals surface area contributed by atoms with Gasteiger partial charge in [0.15, 0.2) is 0 Å². The highest BCUT2D eigenvalue weighted by atomic mass is 16.5. The summed E-state index contributed by atoms with van der Waals surface area (Å²) in [7, 11) is 0. The number of ether oxygens (including phenoxy) is 1. The van der Waals surface area contributed by atoms with Crippen molar-refractivity contribution in [2.45, 2.75) is 44.1 Å². The van der Waals surface area contributed by atoms with E-state index in [1.165, 1.54) is 16.7 Å². The van der Waals surface area contributed by atoms with Gasteiger partial charge in [-0.05, 0) is 48.8 Å². The molecular formula is C25H29NO2. The van der Waals surface area contributed by atoms with Gasteiger partial charge in [0.05, 0.1) is 6.61 Å². The third-order valence-electron chi connectivity index (χ3n) is 7.18. The highest BCUT2D eigenvalue weighted by Gasteiger charge is 2.46. The van der Waals surface area contributed by atoms with Crippen molar-refractivity contribution in [2.24, 2.45) is 11.8 Å². The van der Waals surface area contributed by atoms with E-state index in [0.717, 1.165) is 51.9 Å². The van der Waals surface area contributed by atoms with Gasteiger partial charge in [-0.1, -0.05) is 54.6 Å². The topological polar surface area (TPSA) is 29.5 Å². The van der Waals surface area contributed by atoms with E-state index in [1.54, 1.807) is 0 Å². The standard InChI is InChI=1S/C25H29NO2/c27-25(21-12-10-18-6-4-5-7-19(18)11-13-21)26-16-22(20-8-2-1-3-9-20)23-17-28-15-14-24(23)26/h1-9,21-24H,10-17H2. The fraction of sp³-hybridized carbons (Fsp3) is 0.480. The monoisotopic (exact) mass is 375 g/mol. The van der Waals surface area contributed by atoms with E-state index < -0.39 is 0 Å². The average Bonchev–Trinajstić information content (AvgIpc) is 3.00. The quantitative estimate of drug-likeness (QED) is 0.736. The summed E-state index contributed by atoms with van der Waals surface area (Å²) < 4.78 is 5.83. The van der Waals surface area contributed by atoms with Gasteiger partial charge in [-0.15, -0.1) is 0 Å². The molecule has 0 radical (unpaired) electrons. The second-order valence-electron chi connectivity index (χ2n) is 8.65. The first-order chi connectivity index (χ1) is 13.8. The van der Waals surface area contributed by atoms with Crippen LogP contribution in [0.1, 0.15) is 41.9 Å². The minimum Gasteiger partial charge on any atom is -0.381 e. The van der Waals surface area contributed by atoms with Crippen LogP contribution in [-0.4, -0.2) is 36.6 Å². The molecule has 2 heterocycles. The number of carbonyl (C=O) groups excluding carboxylic acids is 1. The van der Waals surface area contributed by atoms with Gasteiger partial charge in [0.2, 0.25) is 5.91 Å². The molecule has 3 nitrogen and oxygen atoms in total. The molecular weight excluding hydrogens is 346 g/mol. The first-order valence-electron chi connectivity index (χ1n) is 10.8. The molecule has 2 aromatic rings. The molecule has 3 unspecified atom stereocenters. The smallest absolute Gasteiger partial charge is 0.225 e. The van der Waals surface area contributed by atoms with Gasteiger partial charge in [-0.3, -0.25) is 4.79 Å². The van der Waals surface area contributed by atoms with Gasteiger partial charge < -0.3 is 9.64 Å². The predicted molar refractivity (Wildman–Crippen MR) is 110 cm³/mol. The largest absolute Gasteiger partial charge is 0.381 e. The Morgan fingerprint density at radius 3 is 2.29 bits per heavy atom. The highest BCUT2D eigenvalue weighted by molar-refractivity contribution is 5.80. The minimum atomic E-state index is 0.158. The number of nitrogens with zero attached hydrogens (tertiary/aromatic N) is 1. The van der Waals surface area contributed by atoms with Gasteiger partial charge in [0.25, 0.3) is 0 Å². The summed E-state index contributed by atoms with van der Waals surface area (Å²) in [4.78, 5) is 15.9. The number of benzene rings is 2. The maximum atomic E-state index is 13.6. The molecule has 2 aliphatic heterocycles. The first kappa shape index (κ1) is 17.9. The van der Waals surface area contributed by atoms with Crippen molar-refractivity contribution in [3.8, 4) is 0 Å².